The summed E-state index contributed by atoms with van der Waals surface area (Å²) in [6.45, 7) is 4.15. The average molecular weight is 385 g/mol. The number of nitriles is 2. The van der Waals surface area contributed by atoms with Crippen LogP contribution < -0.4 is 14.8 Å². The van der Waals surface area contributed by atoms with E-state index in [1.807, 2.05) is 60.7 Å². The quantitative estimate of drug-likeness (QED) is 0.693. The van der Waals surface area contributed by atoms with Gasteiger partial charge in [-0.25, -0.2) is 0 Å². The monoisotopic (exact) mass is 385 g/mol. The summed E-state index contributed by atoms with van der Waals surface area (Å²) in [5, 5.41) is 18.7. The number of thiazole rings is 1. The van der Waals surface area contributed by atoms with Crippen LogP contribution in [0.5, 0.6) is 0 Å². The van der Waals surface area contributed by atoms with Crippen molar-refractivity contribution >= 4 is 23.0 Å². The van der Waals surface area contributed by atoms with E-state index in [2.05, 4.69) is 13.8 Å². The van der Waals surface area contributed by atoms with Crippen LogP contribution >= 0.6 is 11.3 Å². The molecule has 3 aromatic rings. The lowest BCUT2D eigenvalue weighted by molar-refractivity contribution is 0.983. The van der Waals surface area contributed by atoms with Gasteiger partial charge in [0.2, 0.25) is 0 Å². The fourth-order valence-electron chi connectivity index (χ4n) is 2.89. The summed E-state index contributed by atoms with van der Waals surface area (Å²) in [5.41, 5.74) is 3.64. The van der Waals surface area contributed by atoms with Gasteiger partial charge in [-0.1, -0.05) is 50.2 Å². The second-order valence-electron chi connectivity index (χ2n) is 6.27. The van der Waals surface area contributed by atoms with Crippen LogP contribution in [-0.4, -0.2) is 4.57 Å². The van der Waals surface area contributed by atoms with Crippen LogP contribution in [0.15, 0.2) is 53.3 Å². The van der Waals surface area contributed by atoms with Crippen molar-refractivity contribution in [2.75, 3.05) is 0 Å². The third-order valence-corrected chi connectivity index (χ3v) is 5.64. The zero-order valence-electron chi connectivity index (χ0n) is 15.8. The second-order valence-corrected chi connectivity index (χ2v) is 7.30. The van der Waals surface area contributed by atoms with Crippen LogP contribution in [0.25, 0.3) is 17.3 Å². The molecule has 0 saturated heterocycles. The Morgan fingerprint density at radius 3 is 2.00 bits per heavy atom. The molecule has 0 unspecified atom stereocenters. The molecule has 138 valence electrons. The van der Waals surface area contributed by atoms with Crippen LogP contribution in [0.4, 0.5) is 0 Å². The van der Waals surface area contributed by atoms with E-state index in [-0.39, 0.29) is 11.1 Å². The van der Waals surface area contributed by atoms with Crippen molar-refractivity contribution in [1.82, 2.24) is 4.57 Å². The Labute approximate surface area is 167 Å². The van der Waals surface area contributed by atoms with Gasteiger partial charge >= 0.3 is 0 Å². The van der Waals surface area contributed by atoms with Gasteiger partial charge in [-0.05, 0) is 47.7 Å². The molecule has 0 aliphatic heterocycles. The lowest BCUT2D eigenvalue weighted by Crippen LogP contribution is -2.30. The predicted octanol–water partition coefficient (Wildman–Crippen LogP) is 3.05. The minimum absolute atomic E-state index is 0.0670. The molecule has 4 nitrogen and oxygen atoms in total. The first-order chi connectivity index (χ1) is 13.6. The molecular weight excluding hydrogens is 366 g/mol. The molecule has 3 rings (SSSR count). The Bertz CT molecular complexity index is 1230. The first-order valence-electron chi connectivity index (χ1n) is 9.07. The van der Waals surface area contributed by atoms with Crippen molar-refractivity contribution in [3.63, 3.8) is 0 Å². The van der Waals surface area contributed by atoms with Crippen molar-refractivity contribution in [3.05, 3.63) is 84.8 Å². The molecule has 5 heteroatoms. The molecule has 0 bridgehead atoms. The summed E-state index contributed by atoms with van der Waals surface area (Å²) < 4.78 is 2.30. The van der Waals surface area contributed by atoms with Gasteiger partial charge in [-0.3, -0.25) is 9.36 Å². The Hall–Kier alpha value is -3.41. The van der Waals surface area contributed by atoms with Crippen molar-refractivity contribution < 1.29 is 0 Å². The molecule has 0 amide bonds. The Morgan fingerprint density at radius 2 is 1.50 bits per heavy atom. The van der Waals surface area contributed by atoms with Gasteiger partial charge in [-0.15, -0.1) is 11.3 Å². The largest absolute Gasteiger partial charge is 0.273 e. The van der Waals surface area contributed by atoms with Gasteiger partial charge < -0.3 is 0 Å². The molecular formula is C23H19N3OS. The second kappa shape index (κ2) is 8.52. The van der Waals surface area contributed by atoms with Gasteiger partial charge in [-0.2, -0.15) is 10.5 Å². The number of benzene rings is 2. The normalized spacial score (nSPS) is 11.1. The molecule has 0 saturated carbocycles. The highest BCUT2D eigenvalue weighted by Crippen LogP contribution is 2.09. The van der Waals surface area contributed by atoms with Crippen LogP contribution in [-0.2, 0) is 12.8 Å². The maximum atomic E-state index is 13.1. The lowest BCUT2D eigenvalue weighted by atomic mass is 10.1. The first-order valence-corrected chi connectivity index (χ1v) is 9.89. The zero-order chi connectivity index (χ0) is 20.1. The SMILES string of the molecule is CCc1ccc(/C=c2\sc(=C(C#N)C#N)n(-c3ccc(CC)cc3)c2=O)cc1. The van der Waals surface area contributed by atoms with E-state index in [9.17, 15) is 15.3 Å². The molecule has 2 aromatic carbocycles. The average Bonchev–Trinajstić information content (AvgIpc) is 3.05. The topological polar surface area (TPSA) is 69.6 Å². The number of nitrogens with zero attached hydrogens (tertiary/aromatic N) is 3. The summed E-state index contributed by atoms with van der Waals surface area (Å²) in [5.74, 6) is 0. The summed E-state index contributed by atoms with van der Waals surface area (Å²) in [6, 6.07) is 19.4. The Kier molecular flexibility index (Phi) is 5.89. The molecule has 0 spiro atoms. The van der Waals surface area contributed by atoms with Crippen LogP contribution in [0, 0.1) is 22.7 Å². The highest BCUT2D eigenvalue weighted by atomic mass is 32.1. The molecule has 28 heavy (non-hydrogen) atoms. The summed E-state index contributed by atoms with van der Waals surface area (Å²) in [7, 11) is 0. The van der Waals surface area contributed by atoms with Gasteiger partial charge in [0.05, 0.1) is 10.2 Å². The highest BCUT2D eigenvalue weighted by Gasteiger charge is 2.11. The number of aromatic nitrogens is 1. The summed E-state index contributed by atoms with van der Waals surface area (Å²) in [6.07, 6.45) is 3.65. The van der Waals surface area contributed by atoms with E-state index in [0.717, 1.165) is 24.0 Å². The van der Waals surface area contributed by atoms with E-state index < -0.39 is 0 Å². The zero-order valence-corrected chi connectivity index (χ0v) is 16.6. The first kappa shape index (κ1) is 19.4. The summed E-state index contributed by atoms with van der Waals surface area (Å²) >= 11 is 1.17. The summed E-state index contributed by atoms with van der Waals surface area (Å²) in [4.78, 5) is 13.1. The minimum atomic E-state index is -0.230. The third-order valence-electron chi connectivity index (χ3n) is 4.55. The van der Waals surface area contributed by atoms with E-state index >= 15 is 0 Å². The number of rotatable bonds is 4. The molecule has 1 aromatic heterocycles. The van der Waals surface area contributed by atoms with Gasteiger partial charge in [0.15, 0.2) is 5.57 Å². The molecule has 0 N–H and O–H groups in total. The van der Waals surface area contributed by atoms with Crippen molar-refractivity contribution in [3.8, 4) is 17.8 Å². The van der Waals surface area contributed by atoms with Crippen LogP contribution in [0.1, 0.15) is 30.5 Å². The van der Waals surface area contributed by atoms with Crippen LogP contribution in [0.3, 0.4) is 0 Å². The van der Waals surface area contributed by atoms with Crippen molar-refractivity contribution in [2.24, 2.45) is 0 Å². The number of hydrogen-bond acceptors (Lipinski definition) is 4. The Balaban J connectivity index is 2.28. The molecule has 0 radical (unpaired) electrons. The Morgan fingerprint density at radius 1 is 0.964 bits per heavy atom. The van der Waals surface area contributed by atoms with E-state index in [1.165, 1.54) is 21.5 Å². The van der Waals surface area contributed by atoms with Crippen molar-refractivity contribution in [2.45, 2.75) is 26.7 Å². The molecule has 0 fully saturated rings. The maximum Gasteiger partial charge on any atom is 0.273 e. The van der Waals surface area contributed by atoms with E-state index in [1.54, 1.807) is 6.08 Å². The lowest BCUT2D eigenvalue weighted by Gasteiger charge is -2.03. The molecule has 1 heterocycles. The maximum absolute atomic E-state index is 13.1. The van der Waals surface area contributed by atoms with E-state index in [0.29, 0.717) is 14.9 Å². The number of hydrogen-bond donors (Lipinski definition) is 0. The molecule has 0 aliphatic carbocycles. The van der Waals surface area contributed by atoms with Gasteiger partial charge in [0.25, 0.3) is 5.56 Å². The predicted molar refractivity (Wildman–Crippen MR) is 113 cm³/mol. The van der Waals surface area contributed by atoms with Crippen LogP contribution in [0.2, 0.25) is 0 Å². The molecule has 0 aliphatic rings. The van der Waals surface area contributed by atoms with Crippen molar-refractivity contribution in [1.29, 1.82) is 10.5 Å². The molecule has 0 atom stereocenters. The highest BCUT2D eigenvalue weighted by molar-refractivity contribution is 7.07. The fourth-order valence-corrected chi connectivity index (χ4v) is 3.94. The minimum Gasteiger partial charge on any atom is -0.267 e. The van der Waals surface area contributed by atoms with Gasteiger partial charge in [0.1, 0.15) is 16.8 Å². The third kappa shape index (κ3) is 3.81. The smallest absolute Gasteiger partial charge is 0.267 e. The fraction of sp³-hybridized carbons (Fsp3) is 0.174. The standard InChI is InChI=1S/C23H19N3OS/c1-3-16-5-7-18(8-6-16)13-21-22(27)26(23(28-21)19(14-24)15-25)20-11-9-17(4-2)10-12-20/h5-13H,3-4H2,1-2H3/b21-13-. The van der Waals surface area contributed by atoms with E-state index in [4.69, 9.17) is 0 Å². The van der Waals surface area contributed by atoms with Gasteiger partial charge in [0, 0.05) is 0 Å². The number of aryl methyl sites for hydroxylation is 2.